The van der Waals surface area contributed by atoms with E-state index in [4.69, 9.17) is 10.2 Å². The third-order valence-electron chi connectivity index (χ3n) is 4.99. The lowest BCUT2D eigenvalue weighted by Crippen LogP contribution is -2.15. The zero-order valence-electron chi connectivity index (χ0n) is 18.3. The Kier molecular flexibility index (Phi) is 6.16. The summed E-state index contributed by atoms with van der Waals surface area (Å²) < 4.78 is 30.4. The van der Waals surface area contributed by atoms with Gasteiger partial charge in [-0.3, -0.25) is 4.98 Å². The minimum atomic E-state index is -3.51. The van der Waals surface area contributed by atoms with E-state index in [9.17, 15) is 8.42 Å². The van der Waals surface area contributed by atoms with Gasteiger partial charge in [0, 0.05) is 23.9 Å². The molecule has 33 heavy (non-hydrogen) atoms. The van der Waals surface area contributed by atoms with Crippen LogP contribution in [0.3, 0.4) is 0 Å². The number of hydrogen-bond donors (Lipinski definition) is 2. The van der Waals surface area contributed by atoms with Gasteiger partial charge in [-0.05, 0) is 44.7 Å². The normalized spacial score (nSPS) is 11.8. The van der Waals surface area contributed by atoms with Crippen LogP contribution in [-0.2, 0) is 16.4 Å². The topological polar surface area (TPSA) is 150 Å². The molecule has 4 rings (SSSR count). The van der Waals surface area contributed by atoms with Crippen LogP contribution in [0.25, 0.3) is 34.2 Å². The molecule has 0 radical (unpaired) electrons. The highest BCUT2D eigenvalue weighted by Gasteiger charge is 2.21. The molecule has 0 unspecified atom stereocenters. The van der Waals surface area contributed by atoms with Crippen LogP contribution in [0.2, 0.25) is 0 Å². The zero-order valence-corrected chi connectivity index (χ0v) is 19.2. The molecule has 0 aliphatic carbocycles. The summed E-state index contributed by atoms with van der Waals surface area (Å²) in [5.74, 6) is 0.780. The van der Waals surface area contributed by atoms with Gasteiger partial charge >= 0.3 is 0 Å². The van der Waals surface area contributed by atoms with Crippen LogP contribution < -0.4 is 11.1 Å². The van der Waals surface area contributed by atoms with Crippen molar-refractivity contribution in [3.8, 4) is 34.2 Å². The Bertz CT molecular complexity index is 1370. The Hall–Kier alpha value is -3.70. The molecule has 11 heteroatoms. The number of nitrogens with two attached hydrogens (primary N) is 1. The number of benzene rings is 1. The van der Waals surface area contributed by atoms with Gasteiger partial charge in [0.05, 0.1) is 28.9 Å². The quantitative estimate of drug-likeness (QED) is 0.417. The Balaban J connectivity index is 1.63. The summed E-state index contributed by atoms with van der Waals surface area (Å²) in [6.45, 7) is 3.95. The highest BCUT2D eigenvalue weighted by molar-refractivity contribution is 7.91. The molecule has 0 amide bonds. The fourth-order valence-electron chi connectivity index (χ4n) is 3.06. The third kappa shape index (κ3) is 4.59. The summed E-state index contributed by atoms with van der Waals surface area (Å²) in [7, 11) is -1.62. The SMILES string of the molecule is CNCc1ccc(-c2nnc(-c3cc(-c4cnc(S(=O)(=O)C(C)C)cn4)cnc3N)o2)cc1. The number of rotatable bonds is 7. The fraction of sp³-hybridized carbons (Fsp3) is 0.227. The molecule has 0 bridgehead atoms. The van der Waals surface area contributed by atoms with Crippen LogP contribution in [0.1, 0.15) is 19.4 Å². The van der Waals surface area contributed by atoms with Gasteiger partial charge in [0.2, 0.25) is 5.89 Å². The number of nitrogens with one attached hydrogen (secondary N) is 1. The first-order chi connectivity index (χ1) is 15.8. The van der Waals surface area contributed by atoms with Crippen LogP contribution in [0.4, 0.5) is 5.82 Å². The van der Waals surface area contributed by atoms with E-state index in [0.717, 1.165) is 17.7 Å². The van der Waals surface area contributed by atoms with Gasteiger partial charge < -0.3 is 15.5 Å². The predicted octanol–water partition coefficient (Wildman–Crippen LogP) is 2.74. The molecular weight excluding hydrogens is 442 g/mol. The average molecular weight is 466 g/mol. The van der Waals surface area contributed by atoms with Crippen molar-refractivity contribution >= 4 is 15.7 Å². The number of nitrogens with zero attached hydrogens (tertiary/aromatic N) is 5. The van der Waals surface area contributed by atoms with Crippen LogP contribution in [-0.4, -0.2) is 45.9 Å². The molecule has 4 aromatic rings. The maximum atomic E-state index is 12.3. The van der Waals surface area contributed by atoms with E-state index in [2.05, 4.69) is 30.5 Å². The second kappa shape index (κ2) is 9.04. The Morgan fingerprint density at radius 2 is 1.70 bits per heavy atom. The molecule has 3 aromatic heterocycles. The smallest absolute Gasteiger partial charge is 0.251 e. The van der Waals surface area contributed by atoms with Gasteiger partial charge in [-0.15, -0.1) is 10.2 Å². The Morgan fingerprint density at radius 3 is 2.33 bits per heavy atom. The molecule has 170 valence electrons. The molecule has 0 spiro atoms. The summed E-state index contributed by atoms with van der Waals surface area (Å²) in [6.07, 6.45) is 4.15. The van der Waals surface area contributed by atoms with Crippen LogP contribution in [0.15, 0.2) is 58.4 Å². The first kappa shape index (κ1) is 22.5. The molecule has 0 aliphatic heterocycles. The molecule has 0 saturated carbocycles. The minimum absolute atomic E-state index is 0.0767. The zero-order chi connectivity index (χ0) is 23.6. The standard InChI is InChI=1S/C22H23N7O3S/c1-13(2)33(30,31)19-12-25-18(11-26-19)16-8-17(20(23)27-10-16)22-29-28-21(32-22)15-6-4-14(5-7-15)9-24-3/h4-8,10-13,24H,9H2,1-3H3,(H2,23,27). The van der Waals surface area contributed by atoms with E-state index >= 15 is 0 Å². The lowest BCUT2D eigenvalue weighted by molar-refractivity contribution is 0.582. The van der Waals surface area contributed by atoms with E-state index in [1.807, 2.05) is 31.3 Å². The maximum Gasteiger partial charge on any atom is 0.251 e. The highest BCUT2D eigenvalue weighted by Crippen LogP contribution is 2.30. The summed E-state index contributed by atoms with van der Waals surface area (Å²) in [6, 6.07) is 9.48. The number of sulfone groups is 1. The molecule has 0 fully saturated rings. The number of hydrogen-bond acceptors (Lipinski definition) is 10. The summed E-state index contributed by atoms with van der Waals surface area (Å²) in [4.78, 5) is 12.5. The molecule has 1 aromatic carbocycles. The average Bonchev–Trinajstić information content (AvgIpc) is 3.30. The van der Waals surface area contributed by atoms with Crippen molar-refractivity contribution in [1.29, 1.82) is 0 Å². The molecule has 10 nitrogen and oxygen atoms in total. The molecule has 3 heterocycles. The number of anilines is 1. The molecule has 3 N–H and O–H groups in total. The highest BCUT2D eigenvalue weighted by atomic mass is 32.2. The van der Waals surface area contributed by atoms with Crippen molar-refractivity contribution < 1.29 is 12.8 Å². The summed E-state index contributed by atoms with van der Waals surface area (Å²) in [5, 5.41) is 10.7. The number of pyridine rings is 1. The monoisotopic (exact) mass is 465 g/mol. The Morgan fingerprint density at radius 1 is 0.970 bits per heavy atom. The van der Waals surface area contributed by atoms with Gasteiger partial charge in [0.25, 0.3) is 5.89 Å². The second-order valence-electron chi connectivity index (χ2n) is 7.63. The van der Waals surface area contributed by atoms with Gasteiger partial charge in [0.15, 0.2) is 14.9 Å². The lowest BCUT2D eigenvalue weighted by Gasteiger charge is -2.08. The van der Waals surface area contributed by atoms with Gasteiger partial charge in [-0.2, -0.15) is 0 Å². The third-order valence-corrected chi connectivity index (χ3v) is 7.03. The van der Waals surface area contributed by atoms with E-state index < -0.39 is 15.1 Å². The van der Waals surface area contributed by atoms with E-state index in [0.29, 0.717) is 22.7 Å². The predicted molar refractivity (Wildman–Crippen MR) is 123 cm³/mol. The van der Waals surface area contributed by atoms with E-state index in [1.165, 1.54) is 18.6 Å². The van der Waals surface area contributed by atoms with Gasteiger partial charge in [-0.25, -0.2) is 18.4 Å². The van der Waals surface area contributed by atoms with Crippen molar-refractivity contribution in [3.05, 3.63) is 54.5 Å². The maximum absolute atomic E-state index is 12.3. The van der Waals surface area contributed by atoms with Crippen molar-refractivity contribution in [1.82, 2.24) is 30.5 Å². The van der Waals surface area contributed by atoms with E-state index in [-0.39, 0.29) is 16.7 Å². The first-order valence-corrected chi connectivity index (χ1v) is 11.7. The molecule has 0 atom stereocenters. The molecular formula is C22H23N7O3S. The van der Waals surface area contributed by atoms with Crippen molar-refractivity contribution in [2.45, 2.75) is 30.7 Å². The summed E-state index contributed by atoms with van der Waals surface area (Å²) >= 11 is 0. The number of aromatic nitrogens is 5. The minimum Gasteiger partial charge on any atom is -0.416 e. The molecule has 0 saturated heterocycles. The van der Waals surface area contributed by atoms with Gasteiger partial charge in [0.1, 0.15) is 5.82 Å². The van der Waals surface area contributed by atoms with Crippen molar-refractivity contribution in [2.24, 2.45) is 0 Å². The summed E-state index contributed by atoms with van der Waals surface area (Å²) in [5.41, 5.74) is 9.43. The fourth-order valence-corrected chi connectivity index (χ4v) is 3.94. The van der Waals surface area contributed by atoms with Crippen LogP contribution in [0.5, 0.6) is 0 Å². The van der Waals surface area contributed by atoms with E-state index in [1.54, 1.807) is 19.9 Å². The van der Waals surface area contributed by atoms with Gasteiger partial charge in [-0.1, -0.05) is 12.1 Å². The van der Waals surface area contributed by atoms with Crippen LogP contribution >= 0.6 is 0 Å². The first-order valence-electron chi connectivity index (χ1n) is 10.2. The second-order valence-corrected chi connectivity index (χ2v) is 10.1. The molecule has 0 aliphatic rings. The Labute approximate surface area is 191 Å². The van der Waals surface area contributed by atoms with Crippen molar-refractivity contribution in [2.75, 3.05) is 12.8 Å². The largest absolute Gasteiger partial charge is 0.416 e. The van der Waals surface area contributed by atoms with Crippen LogP contribution in [0, 0.1) is 0 Å². The number of nitrogen functional groups attached to an aromatic ring is 1. The van der Waals surface area contributed by atoms with Crippen molar-refractivity contribution in [3.63, 3.8) is 0 Å². The lowest BCUT2D eigenvalue weighted by atomic mass is 10.1.